The maximum Gasteiger partial charge on any atom is 0.141 e. The first-order valence-corrected chi connectivity index (χ1v) is 6.05. The summed E-state index contributed by atoms with van der Waals surface area (Å²) in [6.45, 7) is 2.91. The molecule has 0 spiro atoms. The molecule has 1 N–H and O–H groups in total. The number of rotatable bonds is 5. The minimum atomic E-state index is 0.838. The lowest BCUT2D eigenvalue weighted by molar-refractivity contribution is 0.416. The number of ether oxygens (including phenoxy) is 1. The van der Waals surface area contributed by atoms with Crippen molar-refractivity contribution in [3.63, 3.8) is 0 Å². The standard InChI is InChI=1S/C14H19N3O/c1-11-4-5-13(18-3)12(10-11)15-7-6-14-16-8-9-17(14)2/h4-5,8-10,15H,6-7H2,1-3H3. The highest BCUT2D eigenvalue weighted by atomic mass is 16.5. The summed E-state index contributed by atoms with van der Waals surface area (Å²) in [5, 5.41) is 3.39. The molecule has 0 aliphatic heterocycles. The first-order chi connectivity index (χ1) is 8.70. The van der Waals surface area contributed by atoms with Gasteiger partial charge in [0.25, 0.3) is 0 Å². The molecular weight excluding hydrogens is 226 g/mol. The van der Waals surface area contributed by atoms with Gasteiger partial charge >= 0.3 is 0 Å². The van der Waals surface area contributed by atoms with Gasteiger partial charge in [-0.2, -0.15) is 0 Å². The van der Waals surface area contributed by atoms with Crippen LogP contribution in [0.3, 0.4) is 0 Å². The molecule has 18 heavy (non-hydrogen) atoms. The maximum absolute atomic E-state index is 5.33. The zero-order valence-corrected chi connectivity index (χ0v) is 11.1. The Bertz CT molecular complexity index is 520. The highest BCUT2D eigenvalue weighted by Crippen LogP contribution is 2.24. The smallest absolute Gasteiger partial charge is 0.141 e. The molecule has 0 saturated heterocycles. The second kappa shape index (κ2) is 5.58. The van der Waals surface area contributed by atoms with Crippen molar-refractivity contribution in [3.8, 4) is 5.75 Å². The van der Waals surface area contributed by atoms with E-state index in [2.05, 4.69) is 23.3 Å². The second-order valence-corrected chi connectivity index (χ2v) is 4.33. The molecule has 0 aliphatic carbocycles. The van der Waals surface area contributed by atoms with Gasteiger partial charge in [0.15, 0.2) is 0 Å². The van der Waals surface area contributed by atoms with Gasteiger partial charge in [-0.1, -0.05) is 6.07 Å². The Hall–Kier alpha value is -1.97. The van der Waals surface area contributed by atoms with Crippen LogP contribution in [0.2, 0.25) is 0 Å². The van der Waals surface area contributed by atoms with E-state index in [-0.39, 0.29) is 0 Å². The summed E-state index contributed by atoms with van der Waals surface area (Å²) in [5.74, 6) is 1.95. The molecule has 0 aliphatic rings. The summed E-state index contributed by atoms with van der Waals surface area (Å²) in [4.78, 5) is 4.30. The van der Waals surface area contributed by atoms with Gasteiger partial charge in [0, 0.05) is 32.4 Å². The number of nitrogens with one attached hydrogen (secondary N) is 1. The van der Waals surface area contributed by atoms with E-state index in [1.165, 1.54) is 5.56 Å². The third kappa shape index (κ3) is 2.83. The molecule has 1 heterocycles. The van der Waals surface area contributed by atoms with Gasteiger partial charge < -0.3 is 14.6 Å². The van der Waals surface area contributed by atoms with E-state index in [1.54, 1.807) is 7.11 Å². The van der Waals surface area contributed by atoms with E-state index in [0.29, 0.717) is 0 Å². The van der Waals surface area contributed by atoms with Gasteiger partial charge in [-0.3, -0.25) is 0 Å². The highest BCUT2D eigenvalue weighted by molar-refractivity contribution is 5.57. The summed E-state index contributed by atoms with van der Waals surface area (Å²) in [7, 11) is 3.70. The molecule has 1 aromatic carbocycles. The number of hydrogen-bond donors (Lipinski definition) is 1. The number of anilines is 1. The normalized spacial score (nSPS) is 10.4. The molecule has 0 fully saturated rings. The van der Waals surface area contributed by atoms with Gasteiger partial charge in [0.2, 0.25) is 0 Å². The largest absolute Gasteiger partial charge is 0.495 e. The average molecular weight is 245 g/mol. The third-order valence-corrected chi connectivity index (χ3v) is 2.94. The van der Waals surface area contributed by atoms with Crippen LogP contribution in [-0.4, -0.2) is 23.2 Å². The van der Waals surface area contributed by atoms with Crippen molar-refractivity contribution in [3.05, 3.63) is 42.0 Å². The number of imidazole rings is 1. The van der Waals surface area contributed by atoms with E-state index >= 15 is 0 Å². The van der Waals surface area contributed by atoms with Crippen molar-refractivity contribution in [2.24, 2.45) is 7.05 Å². The van der Waals surface area contributed by atoms with Gasteiger partial charge in [0.1, 0.15) is 11.6 Å². The maximum atomic E-state index is 5.33. The molecule has 96 valence electrons. The summed E-state index contributed by atoms with van der Waals surface area (Å²) in [6, 6.07) is 6.12. The lowest BCUT2D eigenvalue weighted by Crippen LogP contribution is -2.09. The SMILES string of the molecule is COc1ccc(C)cc1NCCc1nccn1C. The van der Waals surface area contributed by atoms with Crippen LogP contribution < -0.4 is 10.1 Å². The van der Waals surface area contributed by atoms with Crippen LogP contribution >= 0.6 is 0 Å². The van der Waals surface area contributed by atoms with Gasteiger partial charge in [-0.25, -0.2) is 4.98 Å². The van der Waals surface area contributed by atoms with Crippen LogP contribution in [0.15, 0.2) is 30.6 Å². The van der Waals surface area contributed by atoms with E-state index in [1.807, 2.05) is 36.1 Å². The lowest BCUT2D eigenvalue weighted by atomic mass is 10.2. The molecule has 2 rings (SSSR count). The fourth-order valence-corrected chi connectivity index (χ4v) is 1.91. The van der Waals surface area contributed by atoms with Crippen LogP contribution in [0.4, 0.5) is 5.69 Å². The van der Waals surface area contributed by atoms with Crippen molar-refractivity contribution in [2.75, 3.05) is 19.0 Å². The van der Waals surface area contributed by atoms with E-state index in [4.69, 9.17) is 4.74 Å². The summed E-state index contributed by atoms with van der Waals surface area (Å²) < 4.78 is 7.37. The fourth-order valence-electron chi connectivity index (χ4n) is 1.91. The van der Waals surface area contributed by atoms with E-state index in [0.717, 1.165) is 30.2 Å². The lowest BCUT2D eigenvalue weighted by Gasteiger charge is -2.11. The van der Waals surface area contributed by atoms with Gasteiger partial charge in [-0.05, 0) is 24.6 Å². The Morgan fingerprint density at radius 3 is 2.89 bits per heavy atom. The monoisotopic (exact) mass is 245 g/mol. The molecule has 0 radical (unpaired) electrons. The zero-order chi connectivity index (χ0) is 13.0. The number of methoxy groups -OCH3 is 1. The minimum Gasteiger partial charge on any atom is -0.495 e. The van der Waals surface area contributed by atoms with E-state index in [9.17, 15) is 0 Å². The molecule has 0 bridgehead atoms. The molecule has 1 aromatic heterocycles. The van der Waals surface area contributed by atoms with Crippen LogP contribution in [0.5, 0.6) is 5.75 Å². The molecule has 4 nitrogen and oxygen atoms in total. The molecule has 2 aromatic rings. The molecule has 0 unspecified atom stereocenters. The van der Waals surface area contributed by atoms with Crippen molar-refractivity contribution in [1.29, 1.82) is 0 Å². The van der Waals surface area contributed by atoms with Crippen LogP contribution in [0.1, 0.15) is 11.4 Å². The first kappa shape index (κ1) is 12.5. The Morgan fingerprint density at radius 1 is 1.39 bits per heavy atom. The molecule has 0 amide bonds. The summed E-state index contributed by atoms with van der Waals surface area (Å²) in [6.07, 6.45) is 4.67. The zero-order valence-electron chi connectivity index (χ0n) is 11.1. The number of aromatic nitrogens is 2. The van der Waals surface area contributed by atoms with Crippen LogP contribution in [-0.2, 0) is 13.5 Å². The minimum absolute atomic E-state index is 0.838. The Kier molecular flexibility index (Phi) is 3.87. The Morgan fingerprint density at radius 2 is 2.22 bits per heavy atom. The quantitative estimate of drug-likeness (QED) is 0.879. The molecule has 4 heteroatoms. The van der Waals surface area contributed by atoms with Crippen LogP contribution in [0, 0.1) is 6.92 Å². The fraction of sp³-hybridized carbons (Fsp3) is 0.357. The van der Waals surface area contributed by atoms with Crippen molar-refractivity contribution < 1.29 is 4.74 Å². The van der Waals surface area contributed by atoms with Gasteiger partial charge in [0.05, 0.1) is 12.8 Å². The predicted molar refractivity (Wildman–Crippen MR) is 73.1 cm³/mol. The van der Waals surface area contributed by atoms with E-state index < -0.39 is 0 Å². The van der Waals surface area contributed by atoms with Crippen LogP contribution in [0.25, 0.3) is 0 Å². The highest BCUT2D eigenvalue weighted by Gasteiger charge is 2.03. The molecule has 0 atom stereocenters. The molecule has 0 saturated carbocycles. The van der Waals surface area contributed by atoms with Crippen molar-refractivity contribution in [1.82, 2.24) is 9.55 Å². The Balaban J connectivity index is 1.98. The Labute approximate surface area is 108 Å². The summed E-state index contributed by atoms with van der Waals surface area (Å²) in [5.41, 5.74) is 2.25. The number of benzene rings is 1. The summed E-state index contributed by atoms with van der Waals surface area (Å²) >= 11 is 0. The molecular formula is C14H19N3O. The first-order valence-electron chi connectivity index (χ1n) is 6.05. The third-order valence-electron chi connectivity index (χ3n) is 2.94. The number of hydrogen-bond acceptors (Lipinski definition) is 3. The number of aryl methyl sites for hydroxylation is 2. The average Bonchev–Trinajstić information content (AvgIpc) is 2.76. The van der Waals surface area contributed by atoms with Crippen molar-refractivity contribution in [2.45, 2.75) is 13.3 Å². The predicted octanol–water partition coefficient (Wildman–Crippen LogP) is 2.39. The van der Waals surface area contributed by atoms with Gasteiger partial charge in [-0.15, -0.1) is 0 Å². The topological polar surface area (TPSA) is 39.1 Å². The van der Waals surface area contributed by atoms with Crippen molar-refractivity contribution >= 4 is 5.69 Å². The second-order valence-electron chi connectivity index (χ2n) is 4.33. The number of nitrogens with zero attached hydrogens (tertiary/aromatic N) is 2.